The minimum Gasteiger partial charge on any atom is -0.456 e. The highest BCUT2D eigenvalue weighted by atomic mass is 16.3. The predicted molar refractivity (Wildman–Crippen MR) is 186 cm³/mol. The van der Waals surface area contributed by atoms with Crippen molar-refractivity contribution in [1.82, 2.24) is 15.0 Å². The maximum Gasteiger partial charge on any atom is 0.164 e. The first-order valence-electron chi connectivity index (χ1n) is 15.3. The number of hydrogen-bond acceptors (Lipinski definition) is 5. The van der Waals surface area contributed by atoms with Crippen LogP contribution in [0.3, 0.4) is 0 Å². The van der Waals surface area contributed by atoms with Gasteiger partial charge in [-0.25, -0.2) is 15.0 Å². The molecule has 10 aromatic rings. The van der Waals surface area contributed by atoms with Gasteiger partial charge in [-0.1, -0.05) is 91.0 Å². The van der Waals surface area contributed by atoms with Crippen molar-refractivity contribution in [2.24, 2.45) is 0 Å². The molecule has 0 spiro atoms. The Bertz CT molecular complexity index is 2830. The van der Waals surface area contributed by atoms with Crippen LogP contribution in [0.25, 0.3) is 99.6 Å². The molecule has 0 amide bonds. The molecule has 5 nitrogen and oxygen atoms in total. The van der Waals surface area contributed by atoms with Gasteiger partial charge in [-0.2, -0.15) is 0 Å². The summed E-state index contributed by atoms with van der Waals surface area (Å²) in [4.78, 5) is 15.1. The second-order valence-corrected chi connectivity index (χ2v) is 11.7. The Balaban J connectivity index is 1.18. The van der Waals surface area contributed by atoms with Crippen LogP contribution in [0.4, 0.5) is 0 Å². The Morgan fingerprint density at radius 3 is 1.50 bits per heavy atom. The molecule has 0 aliphatic heterocycles. The van der Waals surface area contributed by atoms with Gasteiger partial charge in [-0.05, 0) is 70.1 Å². The van der Waals surface area contributed by atoms with Gasteiger partial charge < -0.3 is 8.83 Å². The van der Waals surface area contributed by atoms with E-state index in [0.29, 0.717) is 17.5 Å². The molecule has 0 bridgehead atoms. The summed E-state index contributed by atoms with van der Waals surface area (Å²) in [6.45, 7) is 0. The Labute approximate surface area is 262 Å². The summed E-state index contributed by atoms with van der Waals surface area (Å²) in [6, 6.07) is 47.7. The van der Waals surface area contributed by atoms with Gasteiger partial charge in [-0.15, -0.1) is 0 Å². The Morgan fingerprint density at radius 1 is 0.304 bits per heavy atom. The number of rotatable bonds is 3. The number of hydrogen-bond donors (Lipinski definition) is 0. The molecule has 3 aromatic heterocycles. The fourth-order valence-corrected chi connectivity index (χ4v) is 6.56. The summed E-state index contributed by atoms with van der Waals surface area (Å²) < 4.78 is 12.4. The molecular weight excluding hydrogens is 566 g/mol. The maximum atomic E-state index is 6.22. The molecule has 0 saturated carbocycles. The van der Waals surface area contributed by atoms with E-state index in [1.807, 2.05) is 48.5 Å². The lowest BCUT2D eigenvalue weighted by Gasteiger charge is -2.10. The van der Waals surface area contributed by atoms with E-state index < -0.39 is 0 Å². The van der Waals surface area contributed by atoms with Crippen LogP contribution < -0.4 is 0 Å². The average Bonchev–Trinajstić information content (AvgIpc) is 3.67. The fraction of sp³-hybridized carbons (Fsp3) is 0. The second kappa shape index (κ2) is 9.58. The van der Waals surface area contributed by atoms with Crippen molar-refractivity contribution in [3.8, 4) is 34.2 Å². The molecule has 0 fully saturated rings. The zero-order valence-corrected chi connectivity index (χ0v) is 24.4. The van der Waals surface area contributed by atoms with E-state index >= 15 is 0 Å². The fourth-order valence-electron chi connectivity index (χ4n) is 6.56. The van der Waals surface area contributed by atoms with Gasteiger partial charge in [0.05, 0.1) is 0 Å². The highest BCUT2D eigenvalue weighted by molar-refractivity contribution is 6.10. The number of aromatic nitrogens is 3. The third-order valence-corrected chi connectivity index (χ3v) is 8.87. The van der Waals surface area contributed by atoms with Gasteiger partial charge in [0.25, 0.3) is 0 Å². The van der Waals surface area contributed by atoms with E-state index in [1.54, 1.807) is 0 Å². The molecule has 0 atom stereocenters. The quantitative estimate of drug-likeness (QED) is 0.205. The van der Waals surface area contributed by atoms with Gasteiger partial charge in [0.15, 0.2) is 17.5 Å². The van der Waals surface area contributed by atoms with E-state index in [-0.39, 0.29) is 0 Å². The molecule has 46 heavy (non-hydrogen) atoms. The van der Waals surface area contributed by atoms with Crippen LogP contribution in [0, 0.1) is 0 Å². The van der Waals surface area contributed by atoms with Crippen molar-refractivity contribution >= 4 is 65.4 Å². The zero-order chi connectivity index (χ0) is 30.2. The van der Waals surface area contributed by atoms with Gasteiger partial charge >= 0.3 is 0 Å². The normalized spacial score (nSPS) is 11.9. The van der Waals surface area contributed by atoms with Crippen molar-refractivity contribution in [2.75, 3.05) is 0 Å². The van der Waals surface area contributed by atoms with E-state index in [1.165, 1.54) is 5.39 Å². The standard InChI is InChI=1S/C41H23N3O2/c1-2-8-25-19-27(15-13-24(25)7-1)39-42-40(44-41(43-39)29-17-18-33-31-9-3-5-11-35(31)45-37(33)23-29)28-16-14-26-22-38-34(21-30(26)20-28)32-10-4-6-12-36(32)46-38/h1-23H. The number of nitrogens with zero attached hydrogens (tertiary/aromatic N) is 3. The largest absolute Gasteiger partial charge is 0.456 e. The van der Waals surface area contributed by atoms with Crippen LogP contribution in [0.1, 0.15) is 0 Å². The highest BCUT2D eigenvalue weighted by Gasteiger charge is 2.16. The van der Waals surface area contributed by atoms with Crippen LogP contribution in [-0.4, -0.2) is 15.0 Å². The van der Waals surface area contributed by atoms with Gasteiger partial charge in [0, 0.05) is 38.2 Å². The van der Waals surface area contributed by atoms with Crippen molar-refractivity contribution < 1.29 is 8.83 Å². The molecule has 5 heteroatoms. The van der Waals surface area contributed by atoms with E-state index in [0.717, 1.165) is 76.7 Å². The third kappa shape index (κ3) is 3.92. The first kappa shape index (κ1) is 25.0. The van der Waals surface area contributed by atoms with Crippen molar-refractivity contribution in [2.45, 2.75) is 0 Å². The zero-order valence-electron chi connectivity index (χ0n) is 24.4. The van der Waals surface area contributed by atoms with Crippen molar-refractivity contribution in [1.29, 1.82) is 0 Å². The summed E-state index contributed by atoms with van der Waals surface area (Å²) in [7, 11) is 0. The SMILES string of the molecule is c1ccc2cc(-c3nc(-c4ccc5cc6oc7ccccc7c6cc5c4)nc(-c4ccc5c(c4)oc4ccccc45)n3)ccc2c1. The summed E-state index contributed by atoms with van der Waals surface area (Å²) in [6.07, 6.45) is 0. The Morgan fingerprint density at radius 2 is 0.783 bits per heavy atom. The van der Waals surface area contributed by atoms with E-state index in [9.17, 15) is 0 Å². The van der Waals surface area contributed by atoms with Crippen LogP contribution >= 0.6 is 0 Å². The third-order valence-electron chi connectivity index (χ3n) is 8.87. The molecule has 0 unspecified atom stereocenters. The van der Waals surface area contributed by atoms with Gasteiger partial charge in [-0.3, -0.25) is 0 Å². The van der Waals surface area contributed by atoms with Crippen LogP contribution in [-0.2, 0) is 0 Å². The first-order valence-corrected chi connectivity index (χ1v) is 15.3. The number of fused-ring (bicyclic) bond motifs is 8. The minimum absolute atomic E-state index is 0.590. The van der Waals surface area contributed by atoms with Crippen LogP contribution in [0.5, 0.6) is 0 Å². The number of para-hydroxylation sites is 2. The molecule has 214 valence electrons. The van der Waals surface area contributed by atoms with Crippen LogP contribution in [0.2, 0.25) is 0 Å². The molecule has 3 heterocycles. The second-order valence-electron chi connectivity index (χ2n) is 11.7. The first-order chi connectivity index (χ1) is 22.7. The smallest absolute Gasteiger partial charge is 0.164 e. The lowest BCUT2D eigenvalue weighted by molar-refractivity contribution is 0.669. The topological polar surface area (TPSA) is 65.0 Å². The molecule has 0 aliphatic rings. The monoisotopic (exact) mass is 589 g/mol. The number of furan rings is 2. The summed E-state index contributed by atoms with van der Waals surface area (Å²) in [5.74, 6) is 1.82. The lowest BCUT2D eigenvalue weighted by atomic mass is 10.0. The van der Waals surface area contributed by atoms with E-state index in [4.69, 9.17) is 23.8 Å². The summed E-state index contributed by atoms with van der Waals surface area (Å²) in [5.41, 5.74) is 6.13. The van der Waals surface area contributed by atoms with Crippen LogP contribution in [0.15, 0.2) is 148 Å². The Kier molecular flexibility index (Phi) is 5.22. The van der Waals surface area contributed by atoms with Crippen molar-refractivity contribution in [3.05, 3.63) is 140 Å². The maximum absolute atomic E-state index is 6.22. The predicted octanol–water partition coefficient (Wildman–Crippen LogP) is 11.0. The molecule has 7 aromatic carbocycles. The van der Waals surface area contributed by atoms with Gasteiger partial charge in [0.2, 0.25) is 0 Å². The van der Waals surface area contributed by atoms with Crippen molar-refractivity contribution in [3.63, 3.8) is 0 Å². The molecule has 0 radical (unpaired) electrons. The lowest BCUT2D eigenvalue weighted by Crippen LogP contribution is -2.00. The molecule has 10 rings (SSSR count). The minimum atomic E-state index is 0.590. The average molecular weight is 590 g/mol. The molecular formula is C41H23N3O2. The number of benzene rings is 7. The molecule has 0 saturated heterocycles. The molecule has 0 N–H and O–H groups in total. The molecule has 0 aliphatic carbocycles. The summed E-state index contributed by atoms with van der Waals surface area (Å²) in [5, 5.41) is 8.84. The summed E-state index contributed by atoms with van der Waals surface area (Å²) >= 11 is 0. The van der Waals surface area contributed by atoms with E-state index in [2.05, 4.69) is 91.0 Å². The van der Waals surface area contributed by atoms with Gasteiger partial charge in [0.1, 0.15) is 22.3 Å². The Hall–Kier alpha value is -6.33. The highest BCUT2D eigenvalue weighted by Crippen LogP contribution is 2.35.